The van der Waals surface area contributed by atoms with Gasteiger partial charge >= 0.3 is 0 Å². The Morgan fingerprint density at radius 1 is 1.10 bits per heavy atom. The predicted molar refractivity (Wildman–Crippen MR) is 109 cm³/mol. The van der Waals surface area contributed by atoms with Gasteiger partial charge in [0.25, 0.3) is 11.5 Å². The van der Waals surface area contributed by atoms with Crippen LogP contribution >= 0.6 is 0 Å². The third kappa shape index (κ3) is 4.17. The second-order valence-electron chi connectivity index (χ2n) is 7.07. The molecule has 4 rings (SSSR count). The number of aryl methyl sites for hydroxylation is 1. The van der Waals surface area contributed by atoms with E-state index in [1.165, 1.54) is 23.9 Å². The summed E-state index contributed by atoms with van der Waals surface area (Å²) >= 11 is 0. The molecule has 1 aliphatic heterocycles. The summed E-state index contributed by atoms with van der Waals surface area (Å²) in [6.45, 7) is 1.45. The molecule has 154 valence electrons. The molecule has 0 unspecified atom stereocenters. The van der Waals surface area contributed by atoms with Gasteiger partial charge in [0.2, 0.25) is 0 Å². The van der Waals surface area contributed by atoms with Crippen LogP contribution in [0, 0.1) is 0 Å². The maximum absolute atomic E-state index is 12.8. The van der Waals surface area contributed by atoms with Crippen molar-refractivity contribution in [3.8, 4) is 11.5 Å². The molecule has 8 heteroatoms. The smallest absolute Gasteiger partial charge is 0.274 e. The Hall–Kier alpha value is -3.68. The van der Waals surface area contributed by atoms with Gasteiger partial charge in [-0.05, 0) is 47.9 Å². The lowest BCUT2D eigenvalue weighted by molar-refractivity contribution is 0.0726. The molecular weight excluding hydrogens is 384 g/mol. The zero-order chi connectivity index (χ0) is 21.1. The van der Waals surface area contributed by atoms with E-state index in [-0.39, 0.29) is 17.2 Å². The molecule has 0 atom stereocenters. The summed E-state index contributed by atoms with van der Waals surface area (Å²) in [7, 11) is 3.14. The Bertz CT molecular complexity index is 1120. The Kier molecular flexibility index (Phi) is 5.47. The summed E-state index contributed by atoms with van der Waals surface area (Å²) in [6.07, 6.45) is 2.39. The number of nitrogens with zero attached hydrogens (tertiary/aromatic N) is 4. The Labute approximate surface area is 173 Å². The maximum Gasteiger partial charge on any atom is 0.274 e. The first-order valence-corrected chi connectivity index (χ1v) is 9.60. The van der Waals surface area contributed by atoms with Crippen LogP contribution in [0.25, 0.3) is 0 Å². The summed E-state index contributed by atoms with van der Waals surface area (Å²) in [5.41, 5.74) is 3.08. The number of methoxy groups -OCH3 is 1. The molecule has 1 aliphatic rings. The minimum atomic E-state index is -0.243. The molecule has 0 fully saturated rings. The van der Waals surface area contributed by atoms with Crippen molar-refractivity contribution in [1.29, 1.82) is 0 Å². The van der Waals surface area contributed by atoms with Gasteiger partial charge in [-0.2, -0.15) is 5.10 Å². The van der Waals surface area contributed by atoms with Crippen LogP contribution in [0.4, 0.5) is 0 Å². The summed E-state index contributed by atoms with van der Waals surface area (Å²) in [4.78, 5) is 30.3. The van der Waals surface area contributed by atoms with Gasteiger partial charge < -0.3 is 14.4 Å². The van der Waals surface area contributed by atoms with Crippen molar-refractivity contribution in [2.24, 2.45) is 7.05 Å². The lowest BCUT2D eigenvalue weighted by Crippen LogP contribution is -2.37. The van der Waals surface area contributed by atoms with Crippen LogP contribution in [0.3, 0.4) is 0 Å². The van der Waals surface area contributed by atoms with Crippen molar-refractivity contribution in [3.05, 3.63) is 81.5 Å². The molecule has 8 nitrogen and oxygen atoms in total. The molecule has 0 saturated heterocycles. The SMILES string of the molecule is COc1ccc(COc2ccc3c(c2)CCN(C(=O)c2ccc(=O)n(C)n2)C3)nc1. The van der Waals surface area contributed by atoms with Crippen LogP contribution < -0.4 is 15.0 Å². The Balaban J connectivity index is 1.41. The van der Waals surface area contributed by atoms with Crippen LogP contribution in [0.2, 0.25) is 0 Å². The largest absolute Gasteiger partial charge is 0.495 e. The Morgan fingerprint density at radius 2 is 1.93 bits per heavy atom. The number of amides is 1. The van der Waals surface area contributed by atoms with E-state index in [9.17, 15) is 9.59 Å². The van der Waals surface area contributed by atoms with E-state index in [0.29, 0.717) is 25.4 Å². The summed E-state index contributed by atoms with van der Waals surface area (Å²) in [5.74, 6) is 1.30. The minimum absolute atomic E-state index is 0.179. The molecule has 0 N–H and O–H groups in total. The van der Waals surface area contributed by atoms with Crippen LogP contribution in [0.1, 0.15) is 27.3 Å². The number of benzene rings is 1. The standard InChI is InChI=1S/C22H22N4O4/c1-25-21(27)8-7-20(24-25)22(28)26-10-9-15-11-18(5-3-16(15)13-26)30-14-17-4-6-19(29-2)12-23-17/h3-8,11-12H,9-10,13-14H2,1-2H3. The monoisotopic (exact) mass is 406 g/mol. The van der Waals surface area contributed by atoms with Gasteiger partial charge in [0.05, 0.1) is 19.0 Å². The van der Waals surface area contributed by atoms with Crippen LogP contribution in [0.15, 0.2) is 53.5 Å². The Morgan fingerprint density at radius 3 is 2.67 bits per heavy atom. The van der Waals surface area contributed by atoms with Crippen molar-refractivity contribution >= 4 is 5.91 Å². The highest BCUT2D eigenvalue weighted by atomic mass is 16.5. The minimum Gasteiger partial charge on any atom is -0.495 e. The second kappa shape index (κ2) is 8.36. The lowest BCUT2D eigenvalue weighted by atomic mass is 9.99. The number of carbonyl (C=O) groups excluding carboxylic acids is 1. The molecule has 1 amide bonds. The molecule has 1 aromatic carbocycles. The van der Waals surface area contributed by atoms with E-state index in [4.69, 9.17) is 9.47 Å². The fourth-order valence-electron chi connectivity index (χ4n) is 3.35. The van der Waals surface area contributed by atoms with Crippen molar-refractivity contribution in [3.63, 3.8) is 0 Å². The zero-order valence-corrected chi connectivity index (χ0v) is 16.9. The average molecular weight is 406 g/mol. The third-order valence-electron chi connectivity index (χ3n) is 5.08. The van der Waals surface area contributed by atoms with E-state index in [1.807, 2.05) is 30.3 Å². The summed E-state index contributed by atoms with van der Waals surface area (Å²) in [6, 6.07) is 12.5. The van der Waals surface area contributed by atoms with Gasteiger partial charge in [-0.3, -0.25) is 14.6 Å². The predicted octanol–water partition coefficient (Wildman–Crippen LogP) is 1.96. The number of hydrogen-bond acceptors (Lipinski definition) is 6. The van der Waals surface area contributed by atoms with Crippen molar-refractivity contribution < 1.29 is 14.3 Å². The second-order valence-corrected chi connectivity index (χ2v) is 7.07. The first kappa shape index (κ1) is 19.6. The average Bonchev–Trinajstić information content (AvgIpc) is 2.79. The van der Waals surface area contributed by atoms with E-state index < -0.39 is 0 Å². The van der Waals surface area contributed by atoms with E-state index in [1.54, 1.807) is 18.2 Å². The van der Waals surface area contributed by atoms with E-state index in [2.05, 4.69) is 10.1 Å². The number of carbonyl (C=O) groups is 1. The molecule has 0 aliphatic carbocycles. The topological polar surface area (TPSA) is 86.5 Å². The lowest BCUT2D eigenvalue weighted by Gasteiger charge is -2.29. The molecule has 2 aromatic heterocycles. The van der Waals surface area contributed by atoms with Gasteiger partial charge in [-0.1, -0.05) is 6.07 Å². The van der Waals surface area contributed by atoms with Gasteiger partial charge in [-0.25, -0.2) is 4.68 Å². The van der Waals surface area contributed by atoms with Crippen LogP contribution in [-0.2, 0) is 26.6 Å². The third-order valence-corrected chi connectivity index (χ3v) is 5.08. The number of aromatic nitrogens is 3. The highest BCUT2D eigenvalue weighted by molar-refractivity contribution is 5.92. The molecule has 0 radical (unpaired) electrons. The molecule has 3 aromatic rings. The molecular formula is C22H22N4O4. The van der Waals surface area contributed by atoms with Gasteiger partial charge in [0.15, 0.2) is 0 Å². The van der Waals surface area contributed by atoms with Crippen molar-refractivity contribution in [2.75, 3.05) is 13.7 Å². The molecule has 30 heavy (non-hydrogen) atoms. The fourth-order valence-corrected chi connectivity index (χ4v) is 3.35. The van der Waals surface area contributed by atoms with Gasteiger partial charge in [0.1, 0.15) is 23.8 Å². The molecule has 0 saturated carbocycles. The number of fused-ring (bicyclic) bond motifs is 1. The maximum atomic E-state index is 12.8. The summed E-state index contributed by atoms with van der Waals surface area (Å²) < 4.78 is 12.2. The normalized spacial score (nSPS) is 12.9. The quantitative estimate of drug-likeness (QED) is 0.644. The zero-order valence-electron chi connectivity index (χ0n) is 16.9. The van der Waals surface area contributed by atoms with Crippen molar-refractivity contribution in [1.82, 2.24) is 19.7 Å². The number of pyridine rings is 1. The highest BCUT2D eigenvalue weighted by Crippen LogP contribution is 2.25. The van der Waals surface area contributed by atoms with Gasteiger partial charge in [0, 0.05) is 26.2 Å². The molecule has 0 bridgehead atoms. The van der Waals surface area contributed by atoms with E-state index >= 15 is 0 Å². The van der Waals surface area contributed by atoms with Crippen molar-refractivity contribution in [2.45, 2.75) is 19.6 Å². The van der Waals surface area contributed by atoms with Crippen LogP contribution in [-0.4, -0.2) is 39.2 Å². The number of hydrogen-bond donors (Lipinski definition) is 0. The summed E-state index contributed by atoms with van der Waals surface area (Å²) in [5, 5.41) is 4.06. The van der Waals surface area contributed by atoms with Gasteiger partial charge in [-0.15, -0.1) is 0 Å². The number of ether oxygens (including phenoxy) is 2. The molecule has 3 heterocycles. The number of rotatable bonds is 5. The first-order chi connectivity index (χ1) is 14.5. The van der Waals surface area contributed by atoms with E-state index in [0.717, 1.165) is 29.0 Å². The first-order valence-electron chi connectivity index (χ1n) is 9.60. The van der Waals surface area contributed by atoms with Crippen LogP contribution in [0.5, 0.6) is 11.5 Å². The fraction of sp³-hybridized carbons (Fsp3) is 0.273. The molecule has 0 spiro atoms. The highest BCUT2D eigenvalue weighted by Gasteiger charge is 2.23.